The summed E-state index contributed by atoms with van der Waals surface area (Å²) in [7, 11) is 0. The van der Waals surface area contributed by atoms with E-state index >= 15 is 0 Å². The van der Waals surface area contributed by atoms with E-state index in [1.54, 1.807) is 48.8 Å². The van der Waals surface area contributed by atoms with Crippen LogP contribution in [0.1, 0.15) is 44.0 Å². The first-order valence-electron chi connectivity index (χ1n) is 14.4. The largest absolute Gasteiger partial charge is 0.461 e. The third kappa shape index (κ3) is 7.11. The molecule has 45 heavy (non-hydrogen) atoms. The van der Waals surface area contributed by atoms with Crippen LogP contribution in [0.15, 0.2) is 72.9 Å². The predicted molar refractivity (Wildman–Crippen MR) is 159 cm³/mol. The molecule has 2 aliphatic heterocycles. The second-order valence-corrected chi connectivity index (χ2v) is 12.6. The standard InChI is InChI=1S/C32H33ClF4N4O4/c1-30(2,3)45-29(43)41-19-23-15-24(41)18-40(23)28(42)39-31(16-20-8-5-4-6-9-20,26-13-12-22(33)17-38-26)21-10-7-11-25(14-21)44-32(36,37)27(34)35/h4-14,17,23-24,27H,15-16,18-19H2,1-3H3,(H,39,42)/t23-,24-,31+/m0/s1. The average Bonchev–Trinajstić information content (AvgIpc) is 3.59. The number of carbonyl (C=O) groups is 2. The summed E-state index contributed by atoms with van der Waals surface area (Å²) >= 11 is 6.15. The first-order chi connectivity index (χ1) is 21.2. The number of urea groups is 1. The minimum atomic E-state index is -4.74. The second-order valence-electron chi connectivity index (χ2n) is 12.2. The van der Waals surface area contributed by atoms with Crippen molar-refractivity contribution < 1.29 is 36.6 Å². The highest BCUT2D eigenvalue weighted by atomic mass is 35.5. The van der Waals surface area contributed by atoms with E-state index in [1.807, 2.05) is 30.3 Å². The van der Waals surface area contributed by atoms with Crippen LogP contribution in [0.5, 0.6) is 5.75 Å². The van der Waals surface area contributed by atoms with Crippen molar-refractivity contribution in [3.05, 3.63) is 94.8 Å². The topological polar surface area (TPSA) is 84.0 Å². The number of rotatable bonds is 8. The summed E-state index contributed by atoms with van der Waals surface area (Å²) in [5.41, 5.74) is -0.818. The van der Waals surface area contributed by atoms with Crippen molar-refractivity contribution in [3.63, 3.8) is 0 Å². The second kappa shape index (κ2) is 12.4. The number of piperazine rings is 1. The minimum Gasteiger partial charge on any atom is -0.444 e. The Balaban J connectivity index is 1.52. The van der Waals surface area contributed by atoms with Crippen molar-refractivity contribution in [1.82, 2.24) is 20.1 Å². The zero-order valence-corrected chi connectivity index (χ0v) is 25.6. The number of hydrogen-bond acceptors (Lipinski definition) is 5. The van der Waals surface area contributed by atoms with Crippen LogP contribution in [0, 0.1) is 0 Å². The first kappa shape index (κ1) is 32.3. The number of alkyl halides is 4. The highest BCUT2D eigenvalue weighted by Crippen LogP contribution is 2.38. The van der Waals surface area contributed by atoms with Gasteiger partial charge in [0.2, 0.25) is 0 Å². The fourth-order valence-electron chi connectivity index (χ4n) is 5.79. The SMILES string of the molecule is CC(C)(C)OC(=O)N1C[C@@H]2C[C@H]1CN2C(=O)N[C@](Cc1ccccc1)(c1cccc(OC(F)(F)C(F)F)c1)c1ccc(Cl)cn1. The Labute approximate surface area is 263 Å². The molecule has 2 aromatic carbocycles. The molecule has 2 fully saturated rings. The Morgan fingerprint density at radius 3 is 2.29 bits per heavy atom. The third-order valence-electron chi connectivity index (χ3n) is 7.76. The normalized spacial score (nSPS) is 19.4. The van der Waals surface area contributed by atoms with Gasteiger partial charge in [0.05, 0.1) is 22.8 Å². The molecule has 0 unspecified atom stereocenters. The zero-order valence-electron chi connectivity index (χ0n) is 24.9. The molecule has 3 aromatic rings. The summed E-state index contributed by atoms with van der Waals surface area (Å²) < 4.78 is 63.9. The van der Waals surface area contributed by atoms with Crippen LogP contribution in [-0.2, 0) is 16.7 Å². The van der Waals surface area contributed by atoms with Gasteiger partial charge in [-0.3, -0.25) is 4.98 Å². The number of fused-ring (bicyclic) bond motifs is 2. The smallest absolute Gasteiger partial charge is 0.444 e. The van der Waals surface area contributed by atoms with Gasteiger partial charge < -0.3 is 24.6 Å². The number of nitrogens with one attached hydrogen (secondary N) is 1. The number of hydrogen-bond donors (Lipinski definition) is 1. The molecule has 2 bridgehead atoms. The summed E-state index contributed by atoms with van der Waals surface area (Å²) in [5.74, 6) is -0.522. The van der Waals surface area contributed by atoms with Crippen LogP contribution in [0.4, 0.5) is 27.2 Å². The number of amides is 3. The quantitative estimate of drug-likeness (QED) is 0.270. The van der Waals surface area contributed by atoms with Gasteiger partial charge in [0.1, 0.15) is 16.9 Å². The number of carbonyl (C=O) groups excluding carboxylic acids is 2. The van der Waals surface area contributed by atoms with Crippen molar-refractivity contribution in [2.75, 3.05) is 13.1 Å². The predicted octanol–water partition coefficient (Wildman–Crippen LogP) is 6.86. The molecule has 0 saturated carbocycles. The van der Waals surface area contributed by atoms with E-state index in [2.05, 4.69) is 15.0 Å². The van der Waals surface area contributed by atoms with Crippen molar-refractivity contribution in [3.8, 4) is 5.75 Å². The van der Waals surface area contributed by atoms with Gasteiger partial charge in [-0.1, -0.05) is 54.1 Å². The molecule has 3 amide bonds. The van der Waals surface area contributed by atoms with Gasteiger partial charge >= 0.3 is 24.7 Å². The van der Waals surface area contributed by atoms with Crippen molar-refractivity contribution in [2.45, 2.75) is 69.4 Å². The maximum atomic E-state index is 14.1. The fourth-order valence-corrected chi connectivity index (χ4v) is 5.90. The van der Waals surface area contributed by atoms with Crippen molar-refractivity contribution in [2.24, 2.45) is 0 Å². The average molecular weight is 649 g/mol. The molecular weight excluding hydrogens is 616 g/mol. The number of ether oxygens (including phenoxy) is 2. The van der Waals surface area contributed by atoms with E-state index in [4.69, 9.17) is 16.3 Å². The van der Waals surface area contributed by atoms with Gasteiger partial charge in [-0.05, 0) is 62.6 Å². The number of aromatic nitrogens is 1. The van der Waals surface area contributed by atoms with Crippen LogP contribution in [-0.4, -0.2) is 70.2 Å². The summed E-state index contributed by atoms with van der Waals surface area (Å²) in [5, 5.41) is 3.43. The lowest BCUT2D eigenvalue weighted by Gasteiger charge is -2.40. The van der Waals surface area contributed by atoms with Gasteiger partial charge in [-0.15, -0.1) is 0 Å². The molecule has 3 atom stereocenters. The Kier molecular flexibility index (Phi) is 8.90. The molecule has 2 aliphatic rings. The third-order valence-corrected chi connectivity index (χ3v) is 7.98. The molecular formula is C32H33ClF4N4O4. The highest BCUT2D eigenvalue weighted by Gasteiger charge is 2.50. The Bertz CT molecular complexity index is 1520. The van der Waals surface area contributed by atoms with E-state index in [0.717, 1.165) is 11.6 Å². The van der Waals surface area contributed by atoms with Gasteiger partial charge in [0, 0.05) is 25.7 Å². The van der Waals surface area contributed by atoms with Gasteiger partial charge in [0.25, 0.3) is 0 Å². The fraction of sp³-hybridized carbons (Fsp3) is 0.406. The van der Waals surface area contributed by atoms with E-state index in [9.17, 15) is 27.2 Å². The monoisotopic (exact) mass is 648 g/mol. The number of likely N-dealkylation sites (tertiary alicyclic amines) is 2. The number of pyridine rings is 1. The van der Waals surface area contributed by atoms with Gasteiger partial charge in [-0.25, -0.2) is 9.59 Å². The van der Waals surface area contributed by atoms with Crippen LogP contribution in [0.2, 0.25) is 5.02 Å². The summed E-state index contributed by atoms with van der Waals surface area (Å²) in [4.78, 5) is 34.7. The van der Waals surface area contributed by atoms with Gasteiger partial charge in [-0.2, -0.15) is 17.6 Å². The summed E-state index contributed by atoms with van der Waals surface area (Å²) in [6.45, 7) is 5.87. The van der Waals surface area contributed by atoms with Crippen LogP contribution in [0.3, 0.4) is 0 Å². The Morgan fingerprint density at radius 1 is 1.00 bits per heavy atom. The zero-order chi connectivity index (χ0) is 32.6. The van der Waals surface area contributed by atoms with Gasteiger partial charge in [0.15, 0.2) is 0 Å². The Morgan fingerprint density at radius 2 is 1.69 bits per heavy atom. The van der Waals surface area contributed by atoms with Crippen molar-refractivity contribution >= 4 is 23.7 Å². The molecule has 0 spiro atoms. The number of halogens is 5. The van der Waals surface area contributed by atoms with Crippen LogP contribution in [0.25, 0.3) is 0 Å². The molecule has 2 saturated heterocycles. The molecule has 1 aromatic heterocycles. The molecule has 1 N–H and O–H groups in total. The maximum Gasteiger partial charge on any atom is 0.461 e. The summed E-state index contributed by atoms with van der Waals surface area (Å²) in [6.07, 6.45) is -7.18. The molecule has 0 aliphatic carbocycles. The van der Waals surface area contributed by atoms with E-state index < -0.39 is 41.5 Å². The van der Waals surface area contributed by atoms with E-state index in [0.29, 0.717) is 17.1 Å². The maximum absolute atomic E-state index is 14.1. The Hall–Kier alpha value is -4.06. The van der Waals surface area contributed by atoms with Crippen molar-refractivity contribution in [1.29, 1.82) is 0 Å². The van der Waals surface area contributed by atoms with E-state index in [1.165, 1.54) is 18.3 Å². The molecule has 5 rings (SSSR count). The number of nitrogens with zero attached hydrogens (tertiary/aromatic N) is 3. The molecule has 13 heteroatoms. The molecule has 8 nitrogen and oxygen atoms in total. The first-order valence-corrected chi connectivity index (χ1v) is 14.7. The minimum absolute atomic E-state index is 0.106. The lowest BCUT2D eigenvalue weighted by molar-refractivity contribution is -0.253. The lowest BCUT2D eigenvalue weighted by atomic mass is 9.80. The summed E-state index contributed by atoms with van der Waals surface area (Å²) in [6, 6.07) is 16.5. The lowest BCUT2D eigenvalue weighted by Crippen LogP contribution is -2.58. The molecule has 240 valence electrons. The van der Waals surface area contributed by atoms with Crippen LogP contribution >= 0.6 is 11.6 Å². The molecule has 3 heterocycles. The van der Waals surface area contributed by atoms with E-state index in [-0.39, 0.29) is 37.2 Å². The molecule has 0 radical (unpaired) electrons. The van der Waals surface area contributed by atoms with Crippen LogP contribution < -0.4 is 10.1 Å². The number of benzene rings is 2. The highest BCUT2D eigenvalue weighted by molar-refractivity contribution is 6.30.